The van der Waals surface area contributed by atoms with Crippen LogP contribution in [0.2, 0.25) is 0 Å². The van der Waals surface area contributed by atoms with Crippen LogP contribution in [-0.2, 0) is 19.0 Å². The zero-order valence-electron chi connectivity index (χ0n) is 12.8. The molecular weight excluding hydrogens is 268 g/mol. The second kappa shape index (κ2) is 5.54. The second-order valence-corrected chi connectivity index (χ2v) is 7.44. The fourth-order valence-corrected chi connectivity index (χ4v) is 5.57. The average Bonchev–Trinajstić information content (AvgIpc) is 2.51. The molecule has 0 unspecified atom stereocenters. The first-order valence-corrected chi connectivity index (χ1v) is 8.61. The third-order valence-corrected chi connectivity index (χ3v) is 6.26. The topological polar surface area (TPSA) is 44.8 Å². The van der Waals surface area contributed by atoms with E-state index < -0.39 is 0 Å². The van der Waals surface area contributed by atoms with Crippen LogP contribution in [0.1, 0.15) is 44.9 Å². The Morgan fingerprint density at radius 1 is 1.10 bits per heavy atom. The smallest absolute Gasteiger partial charge is 0.309 e. The van der Waals surface area contributed by atoms with Crippen molar-refractivity contribution in [2.45, 2.75) is 57.3 Å². The second-order valence-electron chi connectivity index (χ2n) is 7.44. The quantitative estimate of drug-likeness (QED) is 0.751. The molecule has 1 aliphatic heterocycles. The highest BCUT2D eigenvalue weighted by Crippen LogP contribution is 2.58. The monoisotopic (exact) mass is 294 g/mol. The van der Waals surface area contributed by atoms with Crippen LogP contribution in [0.15, 0.2) is 0 Å². The molecule has 4 heteroatoms. The van der Waals surface area contributed by atoms with E-state index in [0.29, 0.717) is 17.8 Å². The molecule has 4 bridgehead atoms. The molecule has 0 aromatic heterocycles. The largest absolute Gasteiger partial charge is 0.469 e. The molecule has 4 aliphatic carbocycles. The highest BCUT2D eigenvalue weighted by Gasteiger charge is 2.57. The molecule has 5 aliphatic rings. The van der Waals surface area contributed by atoms with Gasteiger partial charge in [-0.15, -0.1) is 0 Å². The average molecular weight is 294 g/mol. The molecule has 1 heterocycles. The van der Waals surface area contributed by atoms with E-state index in [1.54, 1.807) is 0 Å². The molecular formula is C17H26O4. The van der Waals surface area contributed by atoms with Gasteiger partial charge >= 0.3 is 5.97 Å². The number of carbonyl (C=O) groups excluding carboxylic acids is 1. The van der Waals surface area contributed by atoms with Crippen molar-refractivity contribution in [3.63, 3.8) is 0 Å². The van der Waals surface area contributed by atoms with Crippen molar-refractivity contribution in [1.29, 1.82) is 0 Å². The van der Waals surface area contributed by atoms with Crippen LogP contribution in [0.5, 0.6) is 0 Å². The Morgan fingerprint density at radius 3 is 2.71 bits per heavy atom. The van der Waals surface area contributed by atoms with Gasteiger partial charge in [-0.1, -0.05) is 0 Å². The Balaban J connectivity index is 1.51. The zero-order chi connectivity index (χ0) is 14.4. The first kappa shape index (κ1) is 14.0. The summed E-state index contributed by atoms with van der Waals surface area (Å²) >= 11 is 0. The maximum atomic E-state index is 12.2. The van der Waals surface area contributed by atoms with Gasteiger partial charge in [-0.05, 0) is 68.6 Å². The maximum Gasteiger partial charge on any atom is 0.309 e. The van der Waals surface area contributed by atoms with Crippen LogP contribution in [-0.4, -0.2) is 32.1 Å². The van der Waals surface area contributed by atoms with Crippen LogP contribution >= 0.6 is 0 Å². The molecule has 4 nitrogen and oxygen atoms in total. The molecule has 7 atom stereocenters. The molecule has 5 fully saturated rings. The predicted molar refractivity (Wildman–Crippen MR) is 76.4 cm³/mol. The number of carbonyl (C=O) groups is 1. The van der Waals surface area contributed by atoms with E-state index in [1.807, 2.05) is 0 Å². The van der Waals surface area contributed by atoms with Crippen molar-refractivity contribution >= 4 is 5.97 Å². The lowest BCUT2D eigenvalue weighted by atomic mass is 9.50. The Morgan fingerprint density at radius 2 is 1.95 bits per heavy atom. The van der Waals surface area contributed by atoms with Gasteiger partial charge in [-0.25, -0.2) is 0 Å². The Labute approximate surface area is 126 Å². The molecule has 0 amide bonds. The number of rotatable bonds is 3. The Hall–Kier alpha value is -0.610. The van der Waals surface area contributed by atoms with Crippen LogP contribution in [0, 0.1) is 29.6 Å². The number of hydrogen-bond acceptors (Lipinski definition) is 4. The number of ether oxygens (including phenoxy) is 3. The standard InChI is InChI=1S/C17H26O4/c1-19-17(18)15-11-6-10-7-12(9-11)16(13(15)8-10)21-14-4-2-3-5-20-14/h10-16H,2-9H2,1H3/t10-,11+,12+,13-,14+,15+,16+/m0/s1. The van der Waals surface area contributed by atoms with Crippen LogP contribution in [0.4, 0.5) is 0 Å². The lowest BCUT2D eigenvalue weighted by Gasteiger charge is -2.57. The maximum absolute atomic E-state index is 12.2. The summed E-state index contributed by atoms with van der Waals surface area (Å²) in [7, 11) is 1.52. The van der Waals surface area contributed by atoms with E-state index in [2.05, 4.69) is 0 Å². The summed E-state index contributed by atoms with van der Waals surface area (Å²) in [6, 6.07) is 0. The van der Waals surface area contributed by atoms with E-state index >= 15 is 0 Å². The minimum absolute atomic E-state index is 0.0121. The summed E-state index contributed by atoms with van der Waals surface area (Å²) in [6.07, 6.45) is 8.31. The normalized spacial score (nSPS) is 48.3. The van der Waals surface area contributed by atoms with Crippen molar-refractivity contribution in [2.75, 3.05) is 13.7 Å². The van der Waals surface area contributed by atoms with Gasteiger partial charge < -0.3 is 14.2 Å². The van der Waals surface area contributed by atoms with Crippen molar-refractivity contribution < 1.29 is 19.0 Å². The lowest BCUT2D eigenvalue weighted by Crippen LogP contribution is -2.57. The zero-order valence-corrected chi connectivity index (χ0v) is 12.8. The first-order valence-electron chi connectivity index (χ1n) is 8.61. The third kappa shape index (κ3) is 2.40. The van der Waals surface area contributed by atoms with Gasteiger partial charge in [0.2, 0.25) is 0 Å². The molecule has 5 rings (SSSR count). The van der Waals surface area contributed by atoms with Gasteiger partial charge in [0, 0.05) is 6.61 Å². The molecule has 0 aromatic rings. The van der Waals surface area contributed by atoms with Gasteiger partial charge in [0.1, 0.15) is 0 Å². The lowest BCUT2D eigenvalue weighted by molar-refractivity contribution is -0.248. The highest BCUT2D eigenvalue weighted by atomic mass is 16.7. The SMILES string of the molecule is COC(=O)[C@@H]1[C@@H]2C[C@H]3C[C@H](C2)[C@@H](O[C@@H]2CCCCO2)[C@H]1C3. The molecule has 0 radical (unpaired) electrons. The summed E-state index contributed by atoms with van der Waals surface area (Å²) in [6.45, 7) is 0.818. The number of hydrogen-bond donors (Lipinski definition) is 0. The summed E-state index contributed by atoms with van der Waals surface area (Å²) in [5.74, 6) is 2.40. The van der Waals surface area contributed by atoms with Crippen molar-refractivity contribution in [3.05, 3.63) is 0 Å². The molecule has 4 saturated carbocycles. The van der Waals surface area contributed by atoms with Crippen molar-refractivity contribution in [1.82, 2.24) is 0 Å². The fourth-order valence-electron chi connectivity index (χ4n) is 5.57. The molecule has 0 N–H and O–H groups in total. The summed E-state index contributed by atoms with van der Waals surface area (Å²) in [4.78, 5) is 12.2. The molecule has 0 aromatic carbocycles. The van der Waals surface area contributed by atoms with E-state index in [4.69, 9.17) is 14.2 Å². The summed E-state index contributed by atoms with van der Waals surface area (Å²) in [5.41, 5.74) is 0. The van der Waals surface area contributed by atoms with E-state index in [9.17, 15) is 4.79 Å². The molecule has 1 saturated heterocycles. The van der Waals surface area contributed by atoms with E-state index in [1.165, 1.54) is 26.4 Å². The molecule has 21 heavy (non-hydrogen) atoms. The van der Waals surface area contributed by atoms with E-state index in [0.717, 1.165) is 38.2 Å². The fraction of sp³-hybridized carbons (Fsp3) is 0.941. The number of methoxy groups -OCH3 is 1. The van der Waals surface area contributed by atoms with Crippen LogP contribution < -0.4 is 0 Å². The minimum Gasteiger partial charge on any atom is -0.469 e. The summed E-state index contributed by atoms with van der Waals surface area (Å²) < 4.78 is 17.2. The molecule has 0 spiro atoms. The van der Waals surface area contributed by atoms with Gasteiger partial charge in [-0.3, -0.25) is 4.79 Å². The Kier molecular flexibility index (Phi) is 3.70. The van der Waals surface area contributed by atoms with Crippen molar-refractivity contribution in [3.8, 4) is 0 Å². The van der Waals surface area contributed by atoms with E-state index in [-0.39, 0.29) is 24.3 Å². The number of esters is 1. The minimum atomic E-state index is -0.0421. The third-order valence-electron chi connectivity index (χ3n) is 6.26. The van der Waals surface area contributed by atoms with Gasteiger partial charge in [0.25, 0.3) is 0 Å². The molecule has 118 valence electrons. The Bertz CT molecular complexity index is 404. The highest BCUT2D eigenvalue weighted by molar-refractivity contribution is 5.73. The predicted octanol–water partition coefficient (Wildman–Crippen LogP) is 2.75. The van der Waals surface area contributed by atoms with Gasteiger partial charge in [0.15, 0.2) is 6.29 Å². The van der Waals surface area contributed by atoms with Gasteiger partial charge in [-0.2, -0.15) is 0 Å². The van der Waals surface area contributed by atoms with Gasteiger partial charge in [0.05, 0.1) is 19.1 Å². The van der Waals surface area contributed by atoms with Crippen molar-refractivity contribution in [2.24, 2.45) is 29.6 Å². The van der Waals surface area contributed by atoms with Crippen LogP contribution in [0.25, 0.3) is 0 Å². The first-order chi connectivity index (χ1) is 10.3. The summed E-state index contributed by atoms with van der Waals surface area (Å²) in [5, 5.41) is 0. The van der Waals surface area contributed by atoms with Crippen LogP contribution in [0.3, 0.4) is 0 Å².